The molecule has 0 aliphatic heterocycles. The summed E-state index contributed by atoms with van der Waals surface area (Å²) in [5, 5.41) is 6.37. The van der Waals surface area contributed by atoms with Crippen molar-refractivity contribution in [3.8, 4) is 0 Å². The molecule has 3 heteroatoms. The van der Waals surface area contributed by atoms with Crippen molar-refractivity contribution in [2.45, 2.75) is 52.0 Å². The average molecular weight is 238 g/mol. The normalized spacial score (nSPS) is 32.7. The lowest BCUT2D eigenvalue weighted by Gasteiger charge is -2.28. The third-order valence-corrected chi connectivity index (χ3v) is 4.63. The SMILES string of the molecule is CCNC(=O)CCNC(C)C1CC2CCC1C2. The summed E-state index contributed by atoms with van der Waals surface area (Å²) in [6.07, 6.45) is 6.40. The molecular formula is C14H26N2O. The quantitative estimate of drug-likeness (QED) is 0.742. The maximum absolute atomic E-state index is 11.3. The summed E-state index contributed by atoms with van der Waals surface area (Å²) >= 11 is 0. The minimum Gasteiger partial charge on any atom is -0.356 e. The van der Waals surface area contributed by atoms with Crippen LogP contribution in [-0.2, 0) is 4.79 Å². The third-order valence-electron chi connectivity index (χ3n) is 4.63. The van der Waals surface area contributed by atoms with E-state index in [9.17, 15) is 4.79 Å². The summed E-state index contributed by atoms with van der Waals surface area (Å²) in [5.41, 5.74) is 0. The highest BCUT2D eigenvalue weighted by molar-refractivity contribution is 5.75. The van der Waals surface area contributed by atoms with Gasteiger partial charge >= 0.3 is 0 Å². The Kier molecular flexibility index (Phi) is 4.43. The monoisotopic (exact) mass is 238 g/mol. The fourth-order valence-electron chi connectivity index (χ4n) is 3.76. The van der Waals surface area contributed by atoms with Gasteiger partial charge in [-0.25, -0.2) is 0 Å². The highest BCUT2D eigenvalue weighted by Gasteiger charge is 2.41. The zero-order chi connectivity index (χ0) is 12.3. The summed E-state index contributed by atoms with van der Waals surface area (Å²) in [4.78, 5) is 11.3. The van der Waals surface area contributed by atoms with E-state index in [2.05, 4.69) is 17.6 Å². The number of hydrogen-bond donors (Lipinski definition) is 2. The molecule has 1 amide bonds. The fraction of sp³-hybridized carbons (Fsp3) is 0.929. The van der Waals surface area contributed by atoms with Gasteiger partial charge in [0.1, 0.15) is 0 Å². The lowest BCUT2D eigenvalue weighted by atomic mass is 9.84. The summed E-state index contributed by atoms with van der Waals surface area (Å²) in [5.74, 6) is 3.01. The number of amides is 1. The molecule has 2 saturated carbocycles. The largest absolute Gasteiger partial charge is 0.356 e. The van der Waals surface area contributed by atoms with Crippen molar-refractivity contribution in [1.29, 1.82) is 0 Å². The van der Waals surface area contributed by atoms with Crippen molar-refractivity contribution >= 4 is 5.91 Å². The Labute approximate surface area is 105 Å². The molecule has 2 fully saturated rings. The zero-order valence-electron chi connectivity index (χ0n) is 11.2. The van der Waals surface area contributed by atoms with Crippen LogP contribution in [-0.4, -0.2) is 25.0 Å². The van der Waals surface area contributed by atoms with E-state index in [1.54, 1.807) is 0 Å². The molecule has 0 spiro atoms. The van der Waals surface area contributed by atoms with Crippen LogP contribution in [0.25, 0.3) is 0 Å². The van der Waals surface area contributed by atoms with Crippen LogP contribution in [0.5, 0.6) is 0 Å². The van der Waals surface area contributed by atoms with Crippen LogP contribution >= 0.6 is 0 Å². The number of rotatable bonds is 6. The molecule has 0 aromatic carbocycles. The van der Waals surface area contributed by atoms with E-state index in [4.69, 9.17) is 0 Å². The van der Waals surface area contributed by atoms with Crippen molar-refractivity contribution in [1.82, 2.24) is 10.6 Å². The van der Waals surface area contributed by atoms with Crippen LogP contribution in [0.3, 0.4) is 0 Å². The number of hydrogen-bond acceptors (Lipinski definition) is 2. The van der Waals surface area contributed by atoms with Crippen molar-refractivity contribution in [2.24, 2.45) is 17.8 Å². The first-order valence-electron chi connectivity index (χ1n) is 7.20. The van der Waals surface area contributed by atoms with E-state index >= 15 is 0 Å². The molecule has 3 nitrogen and oxygen atoms in total. The molecule has 98 valence electrons. The Morgan fingerprint density at radius 1 is 1.35 bits per heavy atom. The van der Waals surface area contributed by atoms with Crippen LogP contribution in [0.2, 0.25) is 0 Å². The number of fused-ring (bicyclic) bond motifs is 2. The zero-order valence-corrected chi connectivity index (χ0v) is 11.2. The summed E-state index contributed by atoms with van der Waals surface area (Å²) in [6.45, 7) is 5.81. The van der Waals surface area contributed by atoms with Crippen LogP contribution in [0, 0.1) is 17.8 Å². The standard InChI is InChI=1S/C14H26N2O/c1-3-15-14(17)6-7-16-10(2)13-9-11-4-5-12(13)8-11/h10-13,16H,3-9H2,1-2H3,(H,15,17). The molecule has 2 aliphatic rings. The number of carbonyl (C=O) groups excluding carboxylic acids is 1. The van der Waals surface area contributed by atoms with Gasteiger partial charge in [-0.3, -0.25) is 4.79 Å². The first kappa shape index (κ1) is 12.9. The molecule has 0 heterocycles. The second kappa shape index (κ2) is 5.85. The molecule has 0 saturated heterocycles. The predicted octanol–water partition coefficient (Wildman–Crippen LogP) is 1.93. The number of carbonyl (C=O) groups is 1. The molecule has 2 rings (SSSR count). The molecule has 0 aromatic rings. The van der Waals surface area contributed by atoms with E-state index in [0.717, 1.165) is 30.8 Å². The Morgan fingerprint density at radius 3 is 2.76 bits per heavy atom. The topological polar surface area (TPSA) is 41.1 Å². The van der Waals surface area contributed by atoms with Gasteiger partial charge < -0.3 is 10.6 Å². The minimum absolute atomic E-state index is 0.167. The average Bonchev–Trinajstić information content (AvgIpc) is 2.90. The Balaban J connectivity index is 1.64. The van der Waals surface area contributed by atoms with Crippen LogP contribution in [0.15, 0.2) is 0 Å². The molecule has 17 heavy (non-hydrogen) atoms. The van der Waals surface area contributed by atoms with Gasteiger partial charge in [-0.1, -0.05) is 6.42 Å². The first-order valence-corrected chi connectivity index (χ1v) is 7.20. The molecule has 4 unspecified atom stereocenters. The Hall–Kier alpha value is -0.570. The smallest absolute Gasteiger partial charge is 0.221 e. The molecule has 2 bridgehead atoms. The minimum atomic E-state index is 0.167. The van der Waals surface area contributed by atoms with Crippen LogP contribution in [0.4, 0.5) is 0 Å². The second-order valence-corrected chi connectivity index (χ2v) is 5.79. The van der Waals surface area contributed by atoms with Gasteiger partial charge in [-0.2, -0.15) is 0 Å². The molecular weight excluding hydrogens is 212 g/mol. The van der Waals surface area contributed by atoms with Crippen LogP contribution < -0.4 is 10.6 Å². The first-order chi connectivity index (χ1) is 8.20. The third kappa shape index (κ3) is 3.21. The van der Waals surface area contributed by atoms with E-state index in [-0.39, 0.29) is 5.91 Å². The van der Waals surface area contributed by atoms with E-state index in [0.29, 0.717) is 12.5 Å². The van der Waals surface area contributed by atoms with Gasteiger partial charge in [0.05, 0.1) is 0 Å². The van der Waals surface area contributed by atoms with Gasteiger partial charge in [0, 0.05) is 25.6 Å². The Bertz CT molecular complexity index is 267. The molecule has 0 aromatic heterocycles. The van der Waals surface area contributed by atoms with Gasteiger partial charge in [-0.05, 0) is 50.9 Å². The highest BCUT2D eigenvalue weighted by Crippen LogP contribution is 2.49. The summed E-state index contributed by atoms with van der Waals surface area (Å²) in [7, 11) is 0. The predicted molar refractivity (Wildman–Crippen MR) is 69.7 cm³/mol. The lowest BCUT2D eigenvalue weighted by molar-refractivity contribution is -0.120. The number of nitrogens with one attached hydrogen (secondary N) is 2. The second-order valence-electron chi connectivity index (χ2n) is 5.79. The maximum Gasteiger partial charge on any atom is 0.221 e. The van der Waals surface area contributed by atoms with Crippen molar-refractivity contribution < 1.29 is 4.79 Å². The van der Waals surface area contributed by atoms with Gasteiger partial charge in [0.25, 0.3) is 0 Å². The molecule has 2 N–H and O–H groups in total. The summed E-state index contributed by atoms with van der Waals surface area (Å²) in [6, 6.07) is 0.583. The Morgan fingerprint density at radius 2 is 2.18 bits per heavy atom. The molecule has 0 radical (unpaired) electrons. The molecule has 4 atom stereocenters. The van der Waals surface area contributed by atoms with Crippen LogP contribution in [0.1, 0.15) is 46.0 Å². The fourth-order valence-corrected chi connectivity index (χ4v) is 3.76. The van der Waals surface area contributed by atoms with E-state index < -0.39 is 0 Å². The van der Waals surface area contributed by atoms with Crippen molar-refractivity contribution in [3.63, 3.8) is 0 Å². The maximum atomic E-state index is 11.3. The van der Waals surface area contributed by atoms with E-state index in [1.165, 1.54) is 25.7 Å². The van der Waals surface area contributed by atoms with Gasteiger partial charge in [0.15, 0.2) is 0 Å². The highest BCUT2D eigenvalue weighted by atomic mass is 16.1. The van der Waals surface area contributed by atoms with Crippen molar-refractivity contribution in [2.75, 3.05) is 13.1 Å². The van der Waals surface area contributed by atoms with Crippen molar-refractivity contribution in [3.05, 3.63) is 0 Å². The lowest BCUT2D eigenvalue weighted by Crippen LogP contribution is -2.38. The van der Waals surface area contributed by atoms with Gasteiger partial charge in [0.2, 0.25) is 5.91 Å². The van der Waals surface area contributed by atoms with E-state index in [1.807, 2.05) is 6.92 Å². The molecule has 2 aliphatic carbocycles. The summed E-state index contributed by atoms with van der Waals surface area (Å²) < 4.78 is 0. The van der Waals surface area contributed by atoms with Gasteiger partial charge in [-0.15, -0.1) is 0 Å².